The number of rotatable bonds is 1. The highest BCUT2D eigenvalue weighted by molar-refractivity contribution is 6.32. The number of hydroxylamine groups is 2. The van der Waals surface area contributed by atoms with Crippen molar-refractivity contribution >= 4 is 23.7 Å². The van der Waals surface area contributed by atoms with E-state index in [4.69, 9.17) is 14.7 Å². The third-order valence-corrected chi connectivity index (χ3v) is 2.51. The van der Waals surface area contributed by atoms with Crippen molar-refractivity contribution in [1.82, 2.24) is 5.06 Å². The lowest BCUT2D eigenvalue weighted by atomic mass is 10.1. The van der Waals surface area contributed by atoms with Gasteiger partial charge < -0.3 is 9.25 Å². The molecule has 90 valence electrons. The van der Waals surface area contributed by atoms with Gasteiger partial charge >= 0.3 is 0 Å². The third kappa shape index (κ3) is 1.55. The molecule has 0 saturated heterocycles. The molecule has 0 fully saturated rings. The Kier molecular flexibility index (Phi) is 2.16. The second kappa shape index (κ2) is 3.69. The summed E-state index contributed by atoms with van der Waals surface area (Å²) in [7, 11) is 0. The van der Waals surface area contributed by atoms with Gasteiger partial charge in [0, 0.05) is 6.08 Å². The molecule has 18 heavy (non-hydrogen) atoms. The Bertz CT molecular complexity index is 623. The predicted molar refractivity (Wildman–Crippen MR) is 63.5 cm³/mol. The van der Waals surface area contributed by atoms with E-state index < -0.39 is 5.91 Å². The summed E-state index contributed by atoms with van der Waals surface area (Å²) in [6.07, 6.45) is 4.58. The SMILES string of the molecule is CC1=CC2=NC(=O)/C(=C\c3ccco3)C(=N)N2O1. The van der Waals surface area contributed by atoms with Gasteiger partial charge in [0.2, 0.25) is 0 Å². The lowest BCUT2D eigenvalue weighted by Gasteiger charge is -2.22. The lowest BCUT2D eigenvalue weighted by molar-refractivity contribution is -0.114. The fourth-order valence-corrected chi connectivity index (χ4v) is 1.72. The van der Waals surface area contributed by atoms with Crippen LogP contribution in [0.1, 0.15) is 12.7 Å². The fraction of sp³-hybridized carbons (Fsp3) is 0.0833. The monoisotopic (exact) mass is 243 g/mol. The van der Waals surface area contributed by atoms with Crippen LogP contribution in [0.25, 0.3) is 6.08 Å². The van der Waals surface area contributed by atoms with Crippen molar-refractivity contribution < 1.29 is 14.0 Å². The molecule has 0 saturated carbocycles. The van der Waals surface area contributed by atoms with Crippen molar-refractivity contribution in [3.63, 3.8) is 0 Å². The topological polar surface area (TPSA) is 78.9 Å². The number of nitrogens with zero attached hydrogens (tertiary/aromatic N) is 2. The van der Waals surface area contributed by atoms with Gasteiger partial charge in [-0.25, -0.2) is 0 Å². The molecular formula is C12H9N3O3. The lowest BCUT2D eigenvalue weighted by Crippen LogP contribution is -2.38. The van der Waals surface area contributed by atoms with Gasteiger partial charge in [0.05, 0.1) is 11.8 Å². The van der Waals surface area contributed by atoms with Crippen molar-refractivity contribution in [2.45, 2.75) is 6.92 Å². The Morgan fingerprint density at radius 3 is 3.06 bits per heavy atom. The van der Waals surface area contributed by atoms with Crippen LogP contribution < -0.4 is 0 Å². The number of hydrogen-bond donors (Lipinski definition) is 1. The number of fused-ring (bicyclic) bond motifs is 1. The number of amidine groups is 2. The maximum absolute atomic E-state index is 11.8. The number of aliphatic imine (C=N–C) groups is 1. The van der Waals surface area contributed by atoms with Crippen molar-refractivity contribution in [1.29, 1.82) is 5.41 Å². The first-order chi connectivity index (χ1) is 8.65. The van der Waals surface area contributed by atoms with Crippen LogP contribution in [0.5, 0.6) is 0 Å². The summed E-state index contributed by atoms with van der Waals surface area (Å²) in [5, 5.41) is 9.17. The molecule has 2 aliphatic rings. The molecule has 0 aromatic carbocycles. The summed E-state index contributed by atoms with van der Waals surface area (Å²) >= 11 is 0. The smallest absolute Gasteiger partial charge is 0.283 e. The number of nitrogens with one attached hydrogen (secondary N) is 1. The average molecular weight is 243 g/mol. The summed E-state index contributed by atoms with van der Waals surface area (Å²) in [5.74, 6) is 0.891. The van der Waals surface area contributed by atoms with Crippen LogP contribution in [-0.2, 0) is 9.63 Å². The molecule has 0 aliphatic carbocycles. The zero-order valence-electron chi connectivity index (χ0n) is 9.51. The minimum absolute atomic E-state index is 0.0468. The largest absolute Gasteiger partial charge is 0.465 e. The normalized spacial score (nSPS) is 20.7. The molecular weight excluding hydrogens is 234 g/mol. The second-order valence-electron chi connectivity index (χ2n) is 3.84. The number of furan rings is 1. The molecule has 1 aromatic heterocycles. The first-order valence-corrected chi connectivity index (χ1v) is 5.29. The average Bonchev–Trinajstić information content (AvgIpc) is 2.93. The third-order valence-electron chi connectivity index (χ3n) is 2.51. The van der Waals surface area contributed by atoms with E-state index in [0.717, 1.165) is 0 Å². The van der Waals surface area contributed by atoms with Crippen molar-refractivity contribution in [3.8, 4) is 0 Å². The van der Waals surface area contributed by atoms with E-state index in [0.29, 0.717) is 17.4 Å². The molecule has 3 heterocycles. The summed E-state index contributed by atoms with van der Waals surface area (Å²) in [4.78, 5) is 21.0. The molecule has 1 amide bonds. The molecule has 0 radical (unpaired) electrons. The summed E-state index contributed by atoms with van der Waals surface area (Å²) in [6, 6.07) is 3.40. The Hall–Kier alpha value is -2.63. The molecule has 0 atom stereocenters. The van der Waals surface area contributed by atoms with E-state index in [2.05, 4.69) is 4.99 Å². The molecule has 0 spiro atoms. The van der Waals surface area contributed by atoms with Crippen molar-refractivity contribution in [3.05, 3.63) is 41.6 Å². The van der Waals surface area contributed by atoms with Gasteiger partial charge in [-0.1, -0.05) is 0 Å². The van der Waals surface area contributed by atoms with Gasteiger partial charge in [0.1, 0.15) is 11.5 Å². The van der Waals surface area contributed by atoms with E-state index in [-0.39, 0.29) is 11.4 Å². The van der Waals surface area contributed by atoms with Gasteiger partial charge in [-0.3, -0.25) is 10.2 Å². The van der Waals surface area contributed by atoms with Crippen LogP contribution in [0, 0.1) is 5.41 Å². The van der Waals surface area contributed by atoms with Crippen LogP contribution in [-0.4, -0.2) is 22.6 Å². The van der Waals surface area contributed by atoms with E-state index >= 15 is 0 Å². The van der Waals surface area contributed by atoms with Crippen molar-refractivity contribution in [2.75, 3.05) is 0 Å². The van der Waals surface area contributed by atoms with E-state index in [1.807, 2.05) is 0 Å². The number of amides is 1. The highest BCUT2D eigenvalue weighted by Crippen LogP contribution is 2.23. The van der Waals surface area contributed by atoms with Crippen LogP contribution in [0.2, 0.25) is 0 Å². The van der Waals surface area contributed by atoms with E-state index in [1.165, 1.54) is 17.4 Å². The molecule has 1 aromatic rings. The maximum Gasteiger partial charge on any atom is 0.283 e. The summed E-state index contributed by atoms with van der Waals surface area (Å²) < 4.78 is 5.12. The van der Waals surface area contributed by atoms with E-state index in [9.17, 15) is 4.79 Å². The number of carbonyl (C=O) groups excluding carboxylic acids is 1. The predicted octanol–water partition coefficient (Wildman–Crippen LogP) is 1.73. The summed E-state index contributed by atoms with van der Waals surface area (Å²) in [6.45, 7) is 1.73. The van der Waals surface area contributed by atoms with Gasteiger partial charge in [0.25, 0.3) is 5.91 Å². The number of allylic oxidation sites excluding steroid dienone is 1. The summed E-state index contributed by atoms with van der Waals surface area (Å²) in [5.41, 5.74) is 0.136. The van der Waals surface area contributed by atoms with Crippen LogP contribution in [0.15, 0.2) is 45.2 Å². The van der Waals surface area contributed by atoms with Gasteiger partial charge in [-0.15, -0.1) is 5.06 Å². The molecule has 6 heteroatoms. The Labute approximate surface area is 102 Å². The van der Waals surface area contributed by atoms with Crippen LogP contribution in [0.4, 0.5) is 0 Å². The zero-order chi connectivity index (χ0) is 12.7. The zero-order valence-corrected chi connectivity index (χ0v) is 9.51. The number of carbonyl (C=O) groups is 1. The quantitative estimate of drug-likeness (QED) is 0.762. The molecule has 0 bridgehead atoms. The first-order valence-electron chi connectivity index (χ1n) is 5.29. The number of hydrogen-bond acceptors (Lipinski definition) is 4. The minimum Gasteiger partial charge on any atom is -0.465 e. The molecule has 0 unspecified atom stereocenters. The standard InChI is InChI=1S/C12H9N3O3/c1-7-5-10-14-12(16)9(11(13)15(10)18-7)6-8-3-2-4-17-8/h2-6,13H,1H3/b9-6-,13-11?. The molecule has 3 rings (SSSR count). The van der Waals surface area contributed by atoms with Gasteiger partial charge in [0.15, 0.2) is 11.7 Å². The van der Waals surface area contributed by atoms with Gasteiger partial charge in [-0.05, 0) is 25.1 Å². The minimum atomic E-state index is -0.475. The second-order valence-corrected chi connectivity index (χ2v) is 3.84. The molecule has 2 aliphatic heterocycles. The van der Waals surface area contributed by atoms with Crippen molar-refractivity contribution in [2.24, 2.45) is 4.99 Å². The first kappa shape index (κ1) is 10.5. The highest BCUT2D eigenvalue weighted by atomic mass is 16.7. The Morgan fingerprint density at radius 1 is 1.50 bits per heavy atom. The van der Waals surface area contributed by atoms with Crippen LogP contribution >= 0.6 is 0 Å². The van der Waals surface area contributed by atoms with E-state index in [1.54, 1.807) is 25.1 Å². The fourth-order valence-electron chi connectivity index (χ4n) is 1.72. The highest BCUT2D eigenvalue weighted by Gasteiger charge is 2.34. The van der Waals surface area contributed by atoms with Crippen LogP contribution in [0.3, 0.4) is 0 Å². The maximum atomic E-state index is 11.8. The Balaban J connectivity index is 2.01. The Morgan fingerprint density at radius 2 is 2.33 bits per heavy atom. The molecule has 1 N–H and O–H groups in total. The molecule has 6 nitrogen and oxygen atoms in total. The van der Waals surface area contributed by atoms with Gasteiger partial charge in [-0.2, -0.15) is 4.99 Å².